The van der Waals surface area contributed by atoms with E-state index in [1.807, 2.05) is 0 Å². The van der Waals surface area contributed by atoms with Gasteiger partial charge >= 0.3 is 5.97 Å². The van der Waals surface area contributed by atoms with Gasteiger partial charge in [0.1, 0.15) is 5.82 Å². The lowest BCUT2D eigenvalue weighted by atomic mass is 9.99. The van der Waals surface area contributed by atoms with Crippen LogP contribution in [0.2, 0.25) is 0 Å². The first-order chi connectivity index (χ1) is 8.67. The smallest absolute Gasteiger partial charge is 0.354 e. The van der Waals surface area contributed by atoms with Crippen LogP contribution >= 0.6 is 0 Å². The van der Waals surface area contributed by atoms with Crippen LogP contribution in [0.5, 0.6) is 0 Å². The van der Waals surface area contributed by atoms with Crippen molar-refractivity contribution in [3.05, 3.63) is 23.9 Å². The summed E-state index contributed by atoms with van der Waals surface area (Å²) in [5.41, 5.74) is 0.0848. The standard InChI is InChI=1S/C14H22N2O2/c1-3-5-7-11(4-2)10-15-13-9-6-8-12(16-13)14(17)18/h6,8-9,11H,3-5,7,10H2,1-2H3,(H,15,16)(H,17,18). The Morgan fingerprint density at radius 2 is 2.22 bits per heavy atom. The fraction of sp³-hybridized carbons (Fsp3) is 0.571. The van der Waals surface area contributed by atoms with Crippen LogP contribution in [-0.4, -0.2) is 22.6 Å². The fourth-order valence-corrected chi connectivity index (χ4v) is 1.84. The Bertz CT molecular complexity index is 380. The Labute approximate surface area is 108 Å². The number of pyridine rings is 1. The first kappa shape index (κ1) is 14.5. The van der Waals surface area contributed by atoms with Crippen LogP contribution in [0, 0.1) is 5.92 Å². The van der Waals surface area contributed by atoms with Crippen molar-refractivity contribution in [1.82, 2.24) is 4.98 Å². The summed E-state index contributed by atoms with van der Waals surface area (Å²) in [5.74, 6) is 0.279. The van der Waals surface area contributed by atoms with Crippen molar-refractivity contribution in [2.45, 2.75) is 39.5 Å². The number of hydrogen-bond acceptors (Lipinski definition) is 3. The average Bonchev–Trinajstić information content (AvgIpc) is 2.39. The number of aromatic carboxylic acids is 1. The van der Waals surface area contributed by atoms with Gasteiger partial charge in [-0.1, -0.05) is 39.2 Å². The first-order valence-electron chi connectivity index (χ1n) is 6.61. The zero-order valence-electron chi connectivity index (χ0n) is 11.1. The van der Waals surface area contributed by atoms with Gasteiger partial charge in [0.2, 0.25) is 0 Å². The quantitative estimate of drug-likeness (QED) is 0.742. The van der Waals surface area contributed by atoms with E-state index in [-0.39, 0.29) is 5.69 Å². The molecule has 1 atom stereocenters. The van der Waals surface area contributed by atoms with Gasteiger partial charge in [-0.3, -0.25) is 0 Å². The lowest BCUT2D eigenvalue weighted by molar-refractivity contribution is 0.0690. The predicted octanol–water partition coefficient (Wildman–Crippen LogP) is 3.41. The minimum Gasteiger partial charge on any atom is -0.477 e. The maximum atomic E-state index is 10.8. The van der Waals surface area contributed by atoms with Gasteiger partial charge in [-0.2, -0.15) is 0 Å². The SMILES string of the molecule is CCCCC(CC)CNc1cccc(C(=O)O)n1. The molecule has 0 amide bonds. The van der Waals surface area contributed by atoms with Gasteiger partial charge in [-0.25, -0.2) is 9.78 Å². The summed E-state index contributed by atoms with van der Waals surface area (Å²) in [6.45, 7) is 5.23. The number of carboxylic acid groups (broad SMARTS) is 1. The number of unbranched alkanes of at least 4 members (excludes halogenated alkanes) is 1. The molecule has 100 valence electrons. The molecule has 4 heteroatoms. The van der Waals surface area contributed by atoms with Crippen LogP contribution in [0.1, 0.15) is 50.0 Å². The van der Waals surface area contributed by atoms with Crippen LogP contribution in [0.3, 0.4) is 0 Å². The Hall–Kier alpha value is -1.58. The summed E-state index contributed by atoms with van der Waals surface area (Å²) in [6, 6.07) is 5.02. The number of nitrogens with one attached hydrogen (secondary N) is 1. The molecule has 1 aromatic heterocycles. The molecule has 0 spiro atoms. The molecule has 0 aliphatic rings. The van der Waals surface area contributed by atoms with E-state index in [9.17, 15) is 4.79 Å². The van der Waals surface area contributed by atoms with Gasteiger partial charge in [0.05, 0.1) is 0 Å². The molecule has 1 rings (SSSR count). The number of aromatic nitrogens is 1. The van der Waals surface area contributed by atoms with E-state index < -0.39 is 5.97 Å². The van der Waals surface area contributed by atoms with E-state index in [1.54, 1.807) is 12.1 Å². The maximum absolute atomic E-state index is 10.8. The van der Waals surface area contributed by atoms with Crippen molar-refractivity contribution in [3.63, 3.8) is 0 Å². The summed E-state index contributed by atoms with van der Waals surface area (Å²) in [5, 5.41) is 12.1. The summed E-state index contributed by atoms with van der Waals surface area (Å²) < 4.78 is 0. The maximum Gasteiger partial charge on any atom is 0.354 e. The van der Waals surface area contributed by atoms with Crippen LogP contribution in [0.4, 0.5) is 5.82 Å². The molecular formula is C14H22N2O2. The van der Waals surface area contributed by atoms with Crippen LogP contribution in [0.25, 0.3) is 0 Å². The lowest BCUT2D eigenvalue weighted by Gasteiger charge is -2.15. The highest BCUT2D eigenvalue weighted by atomic mass is 16.4. The molecule has 0 saturated heterocycles. The third-order valence-corrected chi connectivity index (χ3v) is 3.08. The molecule has 0 bridgehead atoms. The summed E-state index contributed by atoms with van der Waals surface area (Å²) in [7, 11) is 0. The Morgan fingerprint density at radius 1 is 1.44 bits per heavy atom. The zero-order chi connectivity index (χ0) is 13.4. The second kappa shape index (κ2) is 7.69. The second-order valence-corrected chi connectivity index (χ2v) is 4.51. The van der Waals surface area contributed by atoms with Gasteiger partial charge in [0, 0.05) is 6.54 Å². The first-order valence-corrected chi connectivity index (χ1v) is 6.61. The third kappa shape index (κ3) is 4.73. The molecule has 0 aliphatic heterocycles. The van der Waals surface area contributed by atoms with Crippen LogP contribution < -0.4 is 5.32 Å². The van der Waals surface area contributed by atoms with E-state index in [4.69, 9.17) is 5.11 Å². The van der Waals surface area contributed by atoms with E-state index in [1.165, 1.54) is 25.3 Å². The molecule has 4 nitrogen and oxygen atoms in total. The molecule has 0 aliphatic carbocycles. The Morgan fingerprint density at radius 3 is 2.83 bits per heavy atom. The highest BCUT2D eigenvalue weighted by molar-refractivity contribution is 5.85. The van der Waals surface area contributed by atoms with Gasteiger partial charge in [-0.05, 0) is 24.5 Å². The average molecular weight is 250 g/mol. The van der Waals surface area contributed by atoms with Gasteiger partial charge < -0.3 is 10.4 Å². The highest BCUT2D eigenvalue weighted by Crippen LogP contribution is 2.14. The predicted molar refractivity (Wildman–Crippen MR) is 73.0 cm³/mol. The third-order valence-electron chi connectivity index (χ3n) is 3.08. The molecule has 1 unspecified atom stereocenters. The van der Waals surface area contributed by atoms with E-state index in [0.717, 1.165) is 13.0 Å². The molecule has 0 radical (unpaired) electrons. The van der Waals surface area contributed by atoms with Gasteiger partial charge in [0.15, 0.2) is 5.69 Å². The summed E-state index contributed by atoms with van der Waals surface area (Å²) in [4.78, 5) is 14.8. The fourth-order valence-electron chi connectivity index (χ4n) is 1.84. The number of carboxylic acids is 1. The van der Waals surface area contributed by atoms with Crippen LogP contribution in [-0.2, 0) is 0 Å². The minimum absolute atomic E-state index is 0.0848. The summed E-state index contributed by atoms with van der Waals surface area (Å²) in [6.07, 6.45) is 4.79. The Balaban J connectivity index is 2.51. The summed E-state index contributed by atoms with van der Waals surface area (Å²) >= 11 is 0. The largest absolute Gasteiger partial charge is 0.477 e. The number of anilines is 1. The van der Waals surface area contributed by atoms with Crippen molar-refractivity contribution in [1.29, 1.82) is 0 Å². The second-order valence-electron chi connectivity index (χ2n) is 4.51. The monoisotopic (exact) mass is 250 g/mol. The minimum atomic E-state index is -0.989. The van der Waals surface area contributed by atoms with E-state index in [2.05, 4.69) is 24.1 Å². The van der Waals surface area contributed by atoms with Gasteiger partial charge in [-0.15, -0.1) is 0 Å². The topological polar surface area (TPSA) is 62.2 Å². The number of nitrogens with zero attached hydrogens (tertiary/aromatic N) is 1. The van der Waals surface area contributed by atoms with Crippen LogP contribution in [0.15, 0.2) is 18.2 Å². The van der Waals surface area contributed by atoms with Gasteiger partial charge in [0.25, 0.3) is 0 Å². The van der Waals surface area contributed by atoms with Crippen molar-refractivity contribution in [3.8, 4) is 0 Å². The zero-order valence-corrected chi connectivity index (χ0v) is 11.1. The van der Waals surface area contributed by atoms with E-state index in [0.29, 0.717) is 11.7 Å². The Kier molecular flexibility index (Phi) is 6.19. The molecule has 0 fully saturated rings. The number of rotatable bonds is 8. The highest BCUT2D eigenvalue weighted by Gasteiger charge is 2.08. The normalized spacial score (nSPS) is 12.1. The van der Waals surface area contributed by atoms with Crippen molar-refractivity contribution in [2.24, 2.45) is 5.92 Å². The van der Waals surface area contributed by atoms with Crippen molar-refractivity contribution in [2.75, 3.05) is 11.9 Å². The molecule has 0 aromatic carbocycles. The molecule has 1 aromatic rings. The number of carbonyl (C=O) groups is 1. The molecular weight excluding hydrogens is 228 g/mol. The molecule has 18 heavy (non-hydrogen) atoms. The van der Waals surface area contributed by atoms with Crippen molar-refractivity contribution < 1.29 is 9.90 Å². The molecule has 2 N–H and O–H groups in total. The number of hydrogen-bond donors (Lipinski definition) is 2. The van der Waals surface area contributed by atoms with E-state index >= 15 is 0 Å². The van der Waals surface area contributed by atoms with Crippen molar-refractivity contribution >= 4 is 11.8 Å². The molecule has 0 saturated carbocycles. The lowest BCUT2D eigenvalue weighted by Crippen LogP contribution is -2.15. The molecule has 1 heterocycles.